The Bertz CT molecular complexity index is 482. The smallest absolute Gasteiger partial charge is 0.339 e. The number of carboxylic acids is 1. The molecule has 1 aromatic rings. The molecule has 20 heavy (non-hydrogen) atoms. The number of rotatable bonds is 5. The third-order valence-corrected chi connectivity index (χ3v) is 6.55. The topological polar surface area (TPSA) is 63.1 Å². The van der Waals surface area contributed by atoms with Gasteiger partial charge < -0.3 is 5.11 Å². The van der Waals surface area contributed by atoms with Gasteiger partial charge in [0.15, 0.2) is 0 Å². The van der Waals surface area contributed by atoms with Crippen LogP contribution < -0.4 is 0 Å². The van der Waals surface area contributed by atoms with Crippen LogP contribution >= 0.6 is 23.5 Å². The summed E-state index contributed by atoms with van der Waals surface area (Å²) in [5, 5.41) is 10.0. The Hall–Kier alpha value is -0.750. The van der Waals surface area contributed by atoms with Crippen LogP contribution in [-0.2, 0) is 6.42 Å². The van der Waals surface area contributed by atoms with Crippen molar-refractivity contribution in [3.63, 3.8) is 0 Å². The summed E-state index contributed by atoms with van der Waals surface area (Å²) in [5.41, 5.74) is 0.924. The van der Waals surface area contributed by atoms with Crippen molar-refractivity contribution in [1.82, 2.24) is 9.97 Å². The highest BCUT2D eigenvalue weighted by Gasteiger charge is 2.29. The van der Waals surface area contributed by atoms with Crippen LogP contribution in [0.5, 0.6) is 0 Å². The van der Waals surface area contributed by atoms with Crippen LogP contribution in [0.3, 0.4) is 0 Å². The van der Waals surface area contributed by atoms with Gasteiger partial charge in [0.25, 0.3) is 0 Å². The second-order valence-corrected chi connectivity index (χ2v) is 7.35. The van der Waals surface area contributed by atoms with Crippen LogP contribution in [0.25, 0.3) is 0 Å². The van der Waals surface area contributed by atoms with Crippen LogP contribution in [0.4, 0.5) is 0 Å². The fourth-order valence-electron chi connectivity index (χ4n) is 2.32. The number of carboxylic acid groups (broad SMARTS) is 1. The first-order chi connectivity index (χ1) is 9.67. The minimum absolute atomic E-state index is 0.247. The maximum Gasteiger partial charge on any atom is 0.339 e. The van der Waals surface area contributed by atoms with Crippen LogP contribution in [0, 0.1) is 0 Å². The van der Waals surface area contributed by atoms with E-state index >= 15 is 0 Å². The normalized spacial score (nSPS) is 22.7. The van der Waals surface area contributed by atoms with Gasteiger partial charge in [-0.3, -0.25) is 0 Å². The standard InChI is InChI=1S/C14H20N2O2S2/c1-3-5-10-9(14(17)18)8-15-13(16-10)12-11(4-2)19-6-7-20-12/h8,11-12H,3-7H2,1-2H3,(H,17,18). The molecule has 1 fully saturated rings. The molecule has 2 heterocycles. The van der Waals surface area contributed by atoms with E-state index < -0.39 is 5.97 Å². The van der Waals surface area contributed by atoms with E-state index in [1.807, 2.05) is 30.4 Å². The molecule has 1 aromatic heterocycles. The molecule has 0 bridgehead atoms. The molecule has 0 aliphatic carbocycles. The zero-order valence-electron chi connectivity index (χ0n) is 11.8. The molecule has 2 atom stereocenters. The van der Waals surface area contributed by atoms with E-state index in [-0.39, 0.29) is 10.8 Å². The van der Waals surface area contributed by atoms with Gasteiger partial charge >= 0.3 is 5.97 Å². The van der Waals surface area contributed by atoms with Crippen molar-refractivity contribution in [2.45, 2.75) is 43.6 Å². The van der Waals surface area contributed by atoms with E-state index in [1.165, 1.54) is 11.9 Å². The van der Waals surface area contributed by atoms with Gasteiger partial charge in [0.2, 0.25) is 0 Å². The van der Waals surface area contributed by atoms with Gasteiger partial charge in [0.05, 0.1) is 16.5 Å². The van der Waals surface area contributed by atoms with E-state index in [0.717, 1.165) is 24.4 Å². The molecular formula is C14H20N2O2S2. The van der Waals surface area contributed by atoms with Crippen molar-refractivity contribution in [2.24, 2.45) is 0 Å². The maximum absolute atomic E-state index is 11.2. The highest BCUT2D eigenvalue weighted by molar-refractivity contribution is 8.06. The van der Waals surface area contributed by atoms with Crippen LogP contribution in [0.15, 0.2) is 6.20 Å². The fraction of sp³-hybridized carbons (Fsp3) is 0.643. The minimum Gasteiger partial charge on any atom is -0.478 e. The van der Waals surface area contributed by atoms with Gasteiger partial charge in [-0.05, 0) is 12.8 Å². The molecule has 0 aromatic carbocycles. The second-order valence-electron chi connectivity index (χ2n) is 4.75. The minimum atomic E-state index is -0.933. The summed E-state index contributed by atoms with van der Waals surface area (Å²) in [6, 6.07) is 0. The lowest BCUT2D eigenvalue weighted by atomic mass is 10.1. The average molecular weight is 312 g/mol. The molecule has 6 heteroatoms. The Labute approximate surface area is 128 Å². The van der Waals surface area contributed by atoms with Gasteiger partial charge in [-0.15, -0.1) is 11.8 Å². The monoisotopic (exact) mass is 312 g/mol. The zero-order valence-corrected chi connectivity index (χ0v) is 13.5. The van der Waals surface area contributed by atoms with Gasteiger partial charge in [0.1, 0.15) is 5.82 Å². The molecule has 2 unspecified atom stereocenters. The third-order valence-electron chi connectivity index (χ3n) is 3.31. The zero-order chi connectivity index (χ0) is 14.5. The number of aromatic carboxylic acids is 1. The predicted octanol–water partition coefficient (Wildman–Crippen LogP) is 3.43. The van der Waals surface area contributed by atoms with Crippen LogP contribution in [0.1, 0.15) is 53.8 Å². The number of carbonyl (C=O) groups is 1. The van der Waals surface area contributed by atoms with Crippen molar-refractivity contribution >= 4 is 29.5 Å². The molecule has 110 valence electrons. The quantitative estimate of drug-likeness (QED) is 0.898. The molecule has 1 aliphatic heterocycles. The molecule has 1 N–H and O–H groups in total. The maximum atomic E-state index is 11.2. The molecular weight excluding hydrogens is 292 g/mol. The highest BCUT2D eigenvalue weighted by Crippen LogP contribution is 2.42. The molecule has 2 rings (SSSR count). The summed E-state index contributed by atoms with van der Waals surface area (Å²) in [6.45, 7) is 4.22. The Morgan fingerprint density at radius 2 is 2.15 bits per heavy atom. The second kappa shape index (κ2) is 7.31. The first-order valence-electron chi connectivity index (χ1n) is 6.99. The molecule has 0 spiro atoms. The third kappa shape index (κ3) is 3.47. The van der Waals surface area contributed by atoms with Gasteiger partial charge in [-0.25, -0.2) is 14.8 Å². The molecule has 0 radical (unpaired) electrons. The number of hydrogen-bond donors (Lipinski definition) is 1. The van der Waals surface area contributed by atoms with Gasteiger partial charge in [-0.2, -0.15) is 11.8 Å². The summed E-state index contributed by atoms with van der Waals surface area (Å²) in [5.74, 6) is 2.16. The van der Waals surface area contributed by atoms with Gasteiger partial charge in [-0.1, -0.05) is 20.3 Å². The van der Waals surface area contributed by atoms with Crippen molar-refractivity contribution < 1.29 is 9.90 Å². The van der Waals surface area contributed by atoms with Gasteiger partial charge in [0, 0.05) is 23.0 Å². The van der Waals surface area contributed by atoms with Crippen molar-refractivity contribution in [1.29, 1.82) is 0 Å². The Morgan fingerprint density at radius 3 is 2.80 bits per heavy atom. The van der Waals surface area contributed by atoms with E-state index in [2.05, 4.69) is 16.9 Å². The number of hydrogen-bond acceptors (Lipinski definition) is 5. The number of nitrogens with zero attached hydrogens (tertiary/aromatic N) is 2. The summed E-state index contributed by atoms with van der Waals surface area (Å²) >= 11 is 3.88. The fourth-order valence-corrected chi connectivity index (χ4v) is 5.32. The summed E-state index contributed by atoms with van der Waals surface area (Å²) in [6.07, 6.45) is 4.16. The van der Waals surface area contributed by atoms with Crippen molar-refractivity contribution in [3.8, 4) is 0 Å². The van der Waals surface area contributed by atoms with Crippen molar-refractivity contribution in [2.75, 3.05) is 11.5 Å². The van der Waals surface area contributed by atoms with E-state index in [0.29, 0.717) is 17.4 Å². The summed E-state index contributed by atoms with van der Waals surface area (Å²) < 4.78 is 0. The Morgan fingerprint density at radius 1 is 1.40 bits per heavy atom. The first kappa shape index (κ1) is 15.6. The summed E-state index contributed by atoms with van der Waals surface area (Å²) in [7, 11) is 0. The van der Waals surface area contributed by atoms with Crippen molar-refractivity contribution in [3.05, 3.63) is 23.3 Å². The molecule has 1 saturated heterocycles. The molecule has 4 nitrogen and oxygen atoms in total. The van der Waals surface area contributed by atoms with Crippen LogP contribution in [0.2, 0.25) is 0 Å². The number of aryl methyl sites for hydroxylation is 1. The van der Waals surface area contributed by atoms with E-state index in [9.17, 15) is 9.90 Å². The average Bonchev–Trinajstić information content (AvgIpc) is 2.47. The lowest BCUT2D eigenvalue weighted by molar-refractivity contribution is 0.0694. The predicted molar refractivity (Wildman–Crippen MR) is 84.7 cm³/mol. The van der Waals surface area contributed by atoms with E-state index in [1.54, 1.807) is 0 Å². The largest absolute Gasteiger partial charge is 0.478 e. The highest BCUT2D eigenvalue weighted by atomic mass is 32.2. The van der Waals surface area contributed by atoms with E-state index in [4.69, 9.17) is 0 Å². The lowest BCUT2D eigenvalue weighted by Crippen LogP contribution is -2.21. The number of thioether (sulfide) groups is 2. The Kier molecular flexibility index (Phi) is 5.72. The lowest BCUT2D eigenvalue weighted by Gasteiger charge is -2.29. The molecule has 1 aliphatic rings. The number of aromatic nitrogens is 2. The Balaban J connectivity index is 2.31. The SMILES string of the molecule is CCCc1nc(C2SCCSC2CC)ncc1C(=O)O. The van der Waals surface area contributed by atoms with Crippen LogP contribution in [-0.4, -0.2) is 37.8 Å². The molecule has 0 saturated carbocycles. The molecule has 0 amide bonds. The summed E-state index contributed by atoms with van der Waals surface area (Å²) in [4.78, 5) is 20.1. The first-order valence-corrected chi connectivity index (χ1v) is 9.09.